The molecule has 1 atom stereocenters. The summed E-state index contributed by atoms with van der Waals surface area (Å²) in [5, 5.41) is 7.54. The molecule has 0 bridgehead atoms. The van der Waals surface area contributed by atoms with Gasteiger partial charge in [0.25, 0.3) is 0 Å². The fourth-order valence-corrected chi connectivity index (χ4v) is 3.97. The number of fused-ring (bicyclic) bond motifs is 1. The van der Waals surface area contributed by atoms with Gasteiger partial charge in [-0.2, -0.15) is 10.1 Å². The second kappa shape index (κ2) is 10.9. The molecule has 0 spiro atoms. The summed E-state index contributed by atoms with van der Waals surface area (Å²) >= 11 is 0. The number of unbranched alkanes of at least 4 members (excludes halogenated alkanes) is 2. The first-order valence-electron chi connectivity index (χ1n) is 11.5. The van der Waals surface area contributed by atoms with Crippen molar-refractivity contribution < 1.29 is 19.0 Å². The summed E-state index contributed by atoms with van der Waals surface area (Å²) in [6, 6.07) is 14.8. The van der Waals surface area contributed by atoms with E-state index >= 15 is 0 Å². The number of methoxy groups -OCH3 is 1. The smallest absolute Gasteiger partial charge is 0.338 e. The van der Waals surface area contributed by atoms with Gasteiger partial charge in [-0.1, -0.05) is 56.2 Å². The van der Waals surface area contributed by atoms with Crippen LogP contribution < -0.4 is 14.8 Å². The Hall–Kier alpha value is -3.81. The normalized spacial score (nSPS) is 14.9. The van der Waals surface area contributed by atoms with Gasteiger partial charge in [-0.05, 0) is 36.6 Å². The molecule has 1 N–H and O–H groups in total. The van der Waals surface area contributed by atoms with Crippen LogP contribution in [-0.4, -0.2) is 34.5 Å². The Balaban J connectivity index is 1.63. The number of nitrogens with one attached hydrogen (secondary N) is 1. The average Bonchev–Trinajstić information content (AvgIpc) is 3.33. The predicted molar refractivity (Wildman–Crippen MR) is 129 cm³/mol. The first-order chi connectivity index (χ1) is 16.6. The standard InChI is InChI=1S/C26H30N4O4/c1-4-5-9-14-33-21-13-12-20(15-22(21)32-3)24-23(18(2)29-26-27-17-28-30(24)26)25(31)34-16-19-10-7-6-8-11-19/h6-8,10-13,15,17,24H,4-5,9,14,16H2,1-3H3,(H,27,28,29). The van der Waals surface area contributed by atoms with Gasteiger partial charge in [0, 0.05) is 5.70 Å². The number of anilines is 1. The van der Waals surface area contributed by atoms with Crippen LogP contribution in [0.2, 0.25) is 0 Å². The molecule has 0 saturated carbocycles. The Labute approximate surface area is 199 Å². The fourth-order valence-electron chi connectivity index (χ4n) is 3.97. The lowest BCUT2D eigenvalue weighted by molar-refractivity contribution is -0.140. The summed E-state index contributed by atoms with van der Waals surface area (Å²) < 4.78 is 18.9. The Bertz CT molecular complexity index is 1160. The number of rotatable bonds is 10. The lowest BCUT2D eigenvalue weighted by Gasteiger charge is -2.28. The van der Waals surface area contributed by atoms with Crippen LogP contribution in [0.5, 0.6) is 11.5 Å². The second-order valence-corrected chi connectivity index (χ2v) is 8.12. The molecule has 1 aliphatic heterocycles. The summed E-state index contributed by atoms with van der Waals surface area (Å²) in [6.07, 6.45) is 4.69. The Morgan fingerprint density at radius 1 is 1.12 bits per heavy atom. The van der Waals surface area contributed by atoms with E-state index in [2.05, 4.69) is 22.3 Å². The minimum absolute atomic E-state index is 0.182. The van der Waals surface area contributed by atoms with Crippen molar-refractivity contribution in [3.05, 3.63) is 77.3 Å². The number of ether oxygens (including phenoxy) is 3. The number of allylic oxidation sites excluding steroid dienone is 1. The highest BCUT2D eigenvalue weighted by atomic mass is 16.5. The van der Waals surface area contributed by atoms with E-state index < -0.39 is 12.0 Å². The van der Waals surface area contributed by atoms with E-state index in [0.717, 1.165) is 30.4 Å². The molecule has 3 aromatic rings. The molecular formula is C26H30N4O4. The van der Waals surface area contributed by atoms with Gasteiger partial charge in [-0.3, -0.25) is 0 Å². The maximum absolute atomic E-state index is 13.3. The van der Waals surface area contributed by atoms with Crippen molar-refractivity contribution in [2.75, 3.05) is 19.0 Å². The van der Waals surface area contributed by atoms with Gasteiger partial charge in [0.05, 0.1) is 19.3 Å². The van der Waals surface area contributed by atoms with Crippen molar-refractivity contribution in [1.82, 2.24) is 14.8 Å². The number of nitrogens with zero attached hydrogens (tertiary/aromatic N) is 3. The van der Waals surface area contributed by atoms with Crippen molar-refractivity contribution in [2.45, 2.75) is 45.8 Å². The third kappa shape index (κ3) is 5.06. The van der Waals surface area contributed by atoms with E-state index in [0.29, 0.717) is 35.3 Å². The van der Waals surface area contributed by atoms with Gasteiger partial charge in [0.1, 0.15) is 19.0 Å². The minimum Gasteiger partial charge on any atom is -0.493 e. The number of carbonyl (C=O) groups excluding carboxylic acids is 1. The van der Waals surface area contributed by atoms with Gasteiger partial charge in [0.15, 0.2) is 11.5 Å². The number of esters is 1. The third-order valence-electron chi connectivity index (χ3n) is 5.74. The van der Waals surface area contributed by atoms with Gasteiger partial charge in [0.2, 0.25) is 5.95 Å². The molecule has 1 aromatic heterocycles. The molecule has 1 aliphatic rings. The monoisotopic (exact) mass is 462 g/mol. The molecule has 0 radical (unpaired) electrons. The first kappa shape index (κ1) is 23.4. The highest BCUT2D eigenvalue weighted by molar-refractivity contribution is 5.92. The van der Waals surface area contributed by atoms with E-state index in [-0.39, 0.29) is 6.61 Å². The van der Waals surface area contributed by atoms with E-state index in [9.17, 15) is 4.79 Å². The largest absolute Gasteiger partial charge is 0.493 e. The van der Waals surface area contributed by atoms with Gasteiger partial charge >= 0.3 is 5.97 Å². The highest BCUT2D eigenvalue weighted by Gasteiger charge is 2.35. The molecule has 0 fully saturated rings. The Kier molecular flexibility index (Phi) is 7.47. The number of aromatic nitrogens is 3. The van der Waals surface area contributed by atoms with Crippen molar-refractivity contribution >= 4 is 11.9 Å². The van der Waals surface area contributed by atoms with E-state index in [1.165, 1.54) is 6.33 Å². The Morgan fingerprint density at radius 2 is 1.94 bits per heavy atom. The zero-order valence-electron chi connectivity index (χ0n) is 19.8. The summed E-state index contributed by atoms with van der Waals surface area (Å²) in [5.41, 5.74) is 2.87. The van der Waals surface area contributed by atoms with Crippen molar-refractivity contribution in [3.63, 3.8) is 0 Å². The fraction of sp³-hybridized carbons (Fsp3) is 0.346. The van der Waals surface area contributed by atoms with E-state index in [4.69, 9.17) is 14.2 Å². The van der Waals surface area contributed by atoms with Gasteiger partial charge < -0.3 is 19.5 Å². The van der Waals surface area contributed by atoms with Gasteiger partial charge in [-0.15, -0.1) is 0 Å². The molecule has 2 heterocycles. The van der Waals surface area contributed by atoms with Crippen LogP contribution in [0.15, 0.2) is 66.1 Å². The van der Waals surface area contributed by atoms with Crippen LogP contribution in [0.3, 0.4) is 0 Å². The summed E-state index contributed by atoms with van der Waals surface area (Å²) in [7, 11) is 1.61. The molecule has 0 aliphatic carbocycles. The van der Waals surface area contributed by atoms with E-state index in [1.807, 2.05) is 55.5 Å². The van der Waals surface area contributed by atoms with Gasteiger partial charge in [-0.25, -0.2) is 9.48 Å². The van der Waals surface area contributed by atoms with E-state index in [1.54, 1.807) is 11.8 Å². The molecule has 2 aromatic carbocycles. The highest BCUT2D eigenvalue weighted by Crippen LogP contribution is 2.39. The molecule has 0 saturated heterocycles. The number of benzene rings is 2. The molecule has 178 valence electrons. The average molecular weight is 463 g/mol. The minimum atomic E-state index is -0.523. The summed E-state index contributed by atoms with van der Waals surface area (Å²) in [5.74, 6) is 1.41. The van der Waals surface area contributed by atoms with Crippen LogP contribution in [-0.2, 0) is 16.1 Å². The molecule has 34 heavy (non-hydrogen) atoms. The molecule has 1 unspecified atom stereocenters. The molecule has 4 rings (SSSR count). The number of carbonyl (C=O) groups is 1. The second-order valence-electron chi connectivity index (χ2n) is 8.12. The summed E-state index contributed by atoms with van der Waals surface area (Å²) in [4.78, 5) is 17.6. The SMILES string of the molecule is CCCCCOc1ccc(C2C(C(=O)OCc3ccccc3)=C(C)Nc3ncnn32)cc1OC. The lowest BCUT2D eigenvalue weighted by atomic mass is 9.95. The molecule has 8 heteroatoms. The predicted octanol–water partition coefficient (Wildman–Crippen LogP) is 4.89. The number of hydrogen-bond acceptors (Lipinski definition) is 7. The maximum atomic E-state index is 13.3. The lowest BCUT2D eigenvalue weighted by Crippen LogP contribution is -2.29. The first-order valence-corrected chi connectivity index (χ1v) is 11.5. The Morgan fingerprint density at radius 3 is 2.71 bits per heavy atom. The molecular weight excluding hydrogens is 432 g/mol. The topological polar surface area (TPSA) is 87.5 Å². The molecule has 0 amide bonds. The summed E-state index contributed by atoms with van der Waals surface area (Å²) in [6.45, 7) is 4.80. The van der Waals surface area contributed by atoms with Crippen molar-refractivity contribution in [3.8, 4) is 11.5 Å². The van der Waals surface area contributed by atoms with Crippen molar-refractivity contribution in [2.24, 2.45) is 0 Å². The number of hydrogen-bond donors (Lipinski definition) is 1. The van der Waals surface area contributed by atoms with Crippen LogP contribution >= 0.6 is 0 Å². The zero-order valence-corrected chi connectivity index (χ0v) is 19.8. The van der Waals surface area contributed by atoms with Crippen molar-refractivity contribution in [1.29, 1.82) is 0 Å². The third-order valence-corrected chi connectivity index (χ3v) is 5.74. The maximum Gasteiger partial charge on any atom is 0.338 e. The zero-order chi connectivity index (χ0) is 23.9. The quantitative estimate of drug-likeness (QED) is 0.339. The van der Waals surface area contributed by atoms with Crippen LogP contribution in [0.1, 0.15) is 50.3 Å². The van der Waals surface area contributed by atoms with Crippen LogP contribution in [0, 0.1) is 0 Å². The molecule has 8 nitrogen and oxygen atoms in total. The van der Waals surface area contributed by atoms with Crippen LogP contribution in [0.25, 0.3) is 0 Å². The van der Waals surface area contributed by atoms with Crippen LogP contribution in [0.4, 0.5) is 5.95 Å².